The fourth-order valence-corrected chi connectivity index (χ4v) is 3.34. The van der Waals surface area contributed by atoms with E-state index in [1.54, 1.807) is 18.2 Å². The van der Waals surface area contributed by atoms with Crippen LogP contribution >= 0.6 is 0 Å². The summed E-state index contributed by atoms with van der Waals surface area (Å²) in [5, 5.41) is 6.50. The molecule has 0 radical (unpaired) electrons. The van der Waals surface area contributed by atoms with E-state index >= 15 is 0 Å². The lowest BCUT2D eigenvalue weighted by Crippen LogP contribution is -2.15. The number of aromatic nitrogens is 2. The van der Waals surface area contributed by atoms with Crippen LogP contribution in [0.25, 0.3) is 0 Å². The zero-order chi connectivity index (χ0) is 19.8. The third kappa shape index (κ3) is 5.80. The summed E-state index contributed by atoms with van der Waals surface area (Å²) in [6, 6.07) is 7.10. The lowest BCUT2D eigenvalue weighted by molar-refractivity contribution is -0.146. The van der Waals surface area contributed by atoms with Gasteiger partial charge in [0.05, 0.1) is 19.2 Å². The van der Waals surface area contributed by atoms with Crippen LogP contribution < -0.4 is 10.1 Å². The Morgan fingerprint density at radius 3 is 2.82 bits per heavy atom. The van der Waals surface area contributed by atoms with E-state index in [2.05, 4.69) is 15.5 Å². The molecular formula is C20H25N3O5. The van der Waals surface area contributed by atoms with Gasteiger partial charge < -0.3 is 19.3 Å². The van der Waals surface area contributed by atoms with Crippen molar-refractivity contribution in [1.82, 2.24) is 10.1 Å². The number of carbonyl (C=O) groups excluding carboxylic acids is 2. The first kappa shape index (κ1) is 19.9. The topological polar surface area (TPSA) is 104 Å². The lowest BCUT2D eigenvalue weighted by atomic mass is 10.0. The molecule has 1 amide bonds. The van der Waals surface area contributed by atoms with Crippen LogP contribution in [0, 0.1) is 5.92 Å². The molecule has 1 saturated carbocycles. The van der Waals surface area contributed by atoms with Gasteiger partial charge in [-0.3, -0.25) is 9.59 Å². The molecule has 1 heterocycles. The van der Waals surface area contributed by atoms with Crippen molar-refractivity contribution in [3.05, 3.63) is 36.0 Å². The number of benzene rings is 1. The third-order valence-electron chi connectivity index (χ3n) is 4.80. The summed E-state index contributed by atoms with van der Waals surface area (Å²) in [5.74, 6) is 1.04. The van der Waals surface area contributed by atoms with Crippen molar-refractivity contribution in [3.8, 4) is 5.75 Å². The molecule has 0 unspecified atom stereocenters. The molecule has 28 heavy (non-hydrogen) atoms. The highest BCUT2D eigenvalue weighted by atomic mass is 16.6. The summed E-state index contributed by atoms with van der Waals surface area (Å²) in [7, 11) is 1.53. The van der Waals surface area contributed by atoms with Crippen molar-refractivity contribution >= 4 is 17.6 Å². The van der Waals surface area contributed by atoms with Crippen LogP contribution in [-0.4, -0.2) is 29.1 Å². The molecule has 1 fully saturated rings. The maximum atomic E-state index is 12.2. The summed E-state index contributed by atoms with van der Waals surface area (Å²) in [6.07, 6.45) is 6.15. The zero-order valence-electron chi connectivity index (χ0n) is 16.0. The molecular weight excluding hydrogens is 362 g/mol. The zero-order valence-corrected chi connectivity index (χ0v) is 16.0. The van der Waals surface area contributed by atoms with E-state index in [0.29, 0.717) is 23.8 Å². The lowest BCUT2D eigenvalue weighted by Gasteiger charge is -2.08. The number of anilines is 1. The van der Waals surface area contributed by atoms with Gasteiger partial charge in [-0.1, -0.05) is 43.0 Å². The van der Waals surface area contributed by atoms with Gasteiger partial charge in [0.25, 0.3) is 5.89 Å². The second-order valence-corrected chi connectivity index (χ2v) is 6.88. The van der Waals surface area contributed by atoms with E-state index in [1.165, 1.54) is 32.8 Å². The second-order valence-electron chi connectivity index (χ2n) is 6.88. The van der Waals surface area contributed by atoms with Crippen LogP contribution in [0.1, 0.15) is 50.2 Å². The fourth-order valence-electron chi connectivity index (χ4n) is 3.34. The van der Waals surface area contributed by atoms with E-state index in [1.807, 2.05) is 6.07 Å². The van der Waals surface area contributed by atoms with Crippen LogP contribution in [0.4, 0.5) is 5.69 Å². The normalized spacial score (nSPS) is 14.0. The van der Waals surface area contributed by atoms with Gasteiger partial charge >= 0.3 is 5.97 Å². The number of nitrogens with zero attached hydrogens (tertiary/aromatic N) is 2. The number of hydrogen-bond acceptors (Lipinski definition) is 7. The highest BCUT2D eigenvalue weighted by Crippen LogP contribution is 2.28. The SMILES string of the molecule is COc1ccccc1NC(=O)Cc1noc(COC(=O)CCC2CCCC2)n1. The molecule has 8 nitrogen and oxygen atoms in total. The first-order chi connectivity index (χ1) is 13.6. The summed E-state index contributed by atoms with van der Waals surface area (Å²) < 4.78 is 15.4. The molecule has 0 aliphatic heterocycles. The summed E-state index contributed by atoms with van der Waals surface area (Å²) in [4.78, 5) is 28.1. The number of carbonyl (C=O) groups is 2. The van der Waals surface area contributed by atoms with Crippen LogP contribution in [0.15, 0.2) is 28.8 Å². The first-order valence-electron chi connectivity index (χ1n) is 9.54. The van der Waals surface area contributed by atoms with Gasteiger partial charge in [-0.25, -0.2) is 0 Å². The van der Waals surface area contributed by atoms with E-state index in [9.17, 15) is 9.59 Å². The predicted molar refractivity (Wildman–Crippen MR) is 101 cm³/mol. The molecule has 1 N–H and O–H groups in total. The fraction of sp³-hybridized carbons (Fsp3) is 0.500. The number of para-hydroxylation sites is 2. The average Bonchev–Trinajstić information content (AvgIpc) is 3.37. The summed E-state index contributed by atoms with van der Waals surface area (Å²) >= 11 is 0. The molecule has 2 aromatic rings. The number of amides is 1. The number of nitrogens with one attached hydrogen (secondary N) is 1. The highest BCUT2D eigenvalue weighted by molar-refractivity contribution is 5.93. The number of rotatable bonds is 9. The van der Waals surface area contributed by atoms with Gasteiger partial charge in [0.15, 0.2) is 12.4 Å². The minimum absolute atomic E-state index is 0.0584. The van der Waals surface area contributed by atoms with Crippen molar-refractivity contribution < 1.29 is 23.6 Å². The first-order valence-corrected chi connectivity index (χ1v) is 9.54. The van der Waals surface area contributed by atoms with E-state index in [4.69, 9.17) is 14.0 Å². The smallest absolute Gasteiger partial charge is 0.306 e. The molecule has 0 spiro atoms. The minimum Gasteiger partial charge on any atom is -0.495 e. The Morgan fingerprint density at radius 2 is 2.04 bits per heavy atom. The maximum Gasteiger partial charge on any atom is 0.306 e. The van der Waals surface area contributed by atoms with Crippen molar-refractivity contribution in [2.24, 2.45) is 5.92 Å². The van der Waals surface area contributed by atoms with E-state index in [0.717, 1.165) is 6.42 Å². The molecule has 1 aromatic heterocycles. The van der Waals surface area contributed by atoms with Gasteiger partial charge in [-0.15, -0.1) is 0 Å². The average molecular weight is 387 g/mol. The second kappa shape index (κ2) is 9.87. The van der Waals surface area contributed by atoms with Crippen LogP contribution in [0.3, 0.4) is 0 Å². The Hall–Kier alpha value is -2.90. The minimum atomic E-state index is -0.301. The van der Waals surface area contributed by atoms with Gasteiger partial charge in [0, 0.05) is 6.42 Å². The Labute approximate surface area is 163 Å². The van der Waals surface area contributed by atoms with Gasteiger partial charge in [-0.2, -0.15) is 4.98 Å². The predicted octanol–water partition coefficient (Wildman–Crippen LogP) is 3.27. The molecule has 1 aliphatic carbocycles. The molecule has 150 valence electrons. The standard InChI is InChI=1S/C20H25N3O5/c1-26-16-9-5-4-8-15(16)21-18(24)12-17-22-19(28-23-17)13-27-20(25)11-10-14-6-2-3-7-14/h4-5,8-9,14H,2-3,6-7,10-13H2,1H3,(H,21,24). The van der Waals surface area contributed by atoms with Gasteiger partial charge in [0.2, 0.25) is 5.91 Å². The van der Waals surface area contributed by atoms with Crippen molar-refractivity contribution in [2.75, 3.05) is 12.4 Å². The van der Waals surface area contributed by atoms with Crippen LogP contribution in [-0.2, 0) is 27.4 Å². The molecule has 1 aromatic carbocycles. The molecule has 8 heteroatoms. The van der Waals surface area contributed by atoms with Crippen molar-refractivity contribution in [1.29, 1.82) is 0 Å². The number of ether oxygens (including phenoxy) is 2. The maximum absolute atomic E-state index is 12.2. The van der Waals surface area contributed by atoms with Crippen LogP contribution in [0.2, 0.25) is 0 Å². The Morgan fingerprint density at radius 1 is 1.25 bits per heavy atom. The Balaban J connectivity index is 1.42. The van der Waals surface area contributed by atoms with E-state index in [-0.39, 0.29) is 36.6 Å². The summed E-state index contributed by atoms with van der Waals surface area (Å²) in [6.45, 7) is -0.0787. The molecule has 3 rings (SSSR count). The third-order valence-corrected chi connectivity index (χ3v) is 4.80. The summed E-state index contributed by atoms with van der Waals surface area (Å²) in [5.41, 5.74) is 0.565. The Kier molecular flexibility index (Phi) is 7.00. The number of methoxy groups -OCH3 is 1. The van der Waals surface area contributed by atoms with Crippen molar-refractivity contribution in [2.45, 2.75) is 51.6 Å². The van der Waals surface area contributed by atoms with Crippen molar-refractivity contribution in [3.63, 3.8) is 0 Å². The molecule has 0 saturated heterocycles. The monoisotopic (exact) mass is 387 g/mol. The van der Waals surface area contributed by atoms with E-state index < -0.39 is 0 Å². The molecule has 0 atom stereocenters. The largest absolute Gasteiger partial charge is 0.495 e. The number of esters is 1. The molecule has 0 bridgehead atoms. The van der Waals surface area contributed by atoms with Crippen LogP contribution in [0.5, 0.6) is 5.75 Å². The molecule has 1 aliphatic rings. The number of hydrogen-bond donors (Lipinski definition) is 1. The quantitative estimate of drug-likeness (QED) is 0.659. The highest BCUT2D eigenvalue weighted by Gasteiger charge is 2.18. The Bertz CT molecular complexity index is 799. The van der Waals surface area contributed by atoms with Gasteiger partial charge in [0.1, 0.15) is 5.75 Å². The van der Waals surface area contributed by atoms with Gasteiger partial charge in [-0.05, 0) is 24.5 Å².